The Labute approximate surface area is 122 Å². The Morgan fingerprint density at radius 2 is 2.15 bits per heavy atom. The van der Waals surface area contributed by atoms with Crippen molar-refractivity contribution in [1.82, 2.24) is 4.98 Å². The van der Waals surface area contributed by atoms with E-state index >= 15 is 0 Å². The van der Waals surface area contributed by atoms with Crippen molar-refractivity contribution in [2.75, 3.05) is 18.0 Å². The summed E-state index contributed by atoms with van der Waals surface area (Å²) >= 11 is 0. The lowest BCUT2D eigenvalue weighted by atomic mass is 9.96. The average Bonchev–Trinajstić information content (AvgIpc) is 2.64. The van der Waals surface area contributed by atoms with E-state index < -0.39 is 0 Å². The first-order valence-corrected chi connectivity index (χ1v) is 7.79. The fourth-order valence-corrected chi connectivity index (χ4v) is 3.30. The predicted molar refractivity (Wildman–Crippen MR) is 82.9 cm³/mol. The fourth-order valence-electron chi connectivity index (χ4n) is 3.30. The van der Waals surface area contributed by atoms with Crippen LogP contribution in [-0.2, 0) is 0 Å². The number of anilines is 1. The van der Waals surface area contributed by atoms with Gasteiger partial charge in [-0.1, -0.05) is 19.8 Å². The predicted octanol–water partition coefficient (Wildman–Crippen LogP) is 3.98. The van der Waals surface area contributed by atoms with Crippen molar-refractivity contribution in [3.63, 3.8) is 0 Å². The molecule has 0 saturated carbocycles. The van der Waals surface area contributed by atoms with Crippen LogP contribution in [0.3, 0.4) is 0 Å². The molecule has 1 unspecified atom stereocenters. The van der Waals surface area contributed by atoms with E-state index in [1.165, 1.54) is 32.1 Å². The normalized spacial score (nSPS) is 19.5. The van der Waals surface area contributed by atoms with Crippen molar-refractivity contribution in [3.05, 3.63) is 23.0 Å². The number of hydrogen-bond donors (Lipinski definition) is 0. The Morgan fingerprint density at radius 3 is 2.85 bits per heavy atom. The molecule has 3 nitrogen and oxygen atoms in total. The molecule has 1 fully saturated rings. The van der Waals surface area contributed by atoms with Crippen molar-refractivity contribution in [2.24, 2.45) is 5.92 Å². The van der Waals surface area contributed by atoms with Crippen molar-refractivity contribution in [2.45, 2.75) is 52.9 Å². The maximum Gasteiger partial charge on any atom is 0.103 e. The SMILES string of the molecule is CCCC1CCCN(c2cc(C)nc(C)c2C#N)CC1. The van der Waals surface area contributed by atoms with Gasteiger partial charge < -0.3 is 4.90 Å². The number of rotatable bonds is 3. The van der Waals surface area contributed by atoms with Gasteiger partial charge in [0.05, 0.1) is 16.9 Å². The van der Waals surface area contributed by atoms with Gasteiger partial charge in [-0.2, -0.15) is 5.26 Å². The summed E-state index contributed by atoms with van der Waals surface area (Å²) in [7, 11) is 0. The molecule has 0 N–H and O–H groups in total. The number of nitriles is 1. The second kappa shape index (κ2) is 6.74. The summed E-state index contributed by atoms with van der Waals surface area (Å²) in [5.74, 6) is 0.861. The van der Waals surface area contributed by atoms with Gasteiger partial charge in [-0.3, -0.25) is 4.98 Å². The maximum atomic E-state index is 9.41. The van der Waals surface area contributed by atoms with Crippen LogP contribution in [-0.4, -0.2) is 18.1 Å². The Kier molecular flexibility index (Phi) is 5.00. The van der Waals surface area contributed by atoms with Crippen LogP contribution in [0.5, 0.6) is 0 Å². The Morgan fingerprint density at radius 1 is 1.35 bits per heavy atom. The summed E-state index contributed by atoms with van der Waals surface area (Å²) in [6.07, 6.45) is 6.43. The summed E-state index contributed by atoms with van der Waals surface area (Å²) in [5.41, 5.74) is 3.71. The molecule has 20 heavy (non-hydrogen) atoms. The Bertz CT molecular complexity index is 502. The molecule has 0 bridgehead atoms. The molecule has 1 aromatic rings. The van der Waals surface area contributed by atoms with E-state index in [1.54, 1.807) is 0 Å². The topological polar surface area (TPSA) is 39.9 Å². The van der Waals surface area contributed by atoms with Crippen LogP contribution in [0.4, 0.5) is 5.69 Å². The molecule has 0 aromatic carbocycles. The first-order chi connectivity index (χ1) is 9.65. The van der Waals surface area contributed by atoms with Gasteiger partial charge in [-0.25, -0.2) is 0 Å². The van der Waals surface area contributed by atoms with Crippen LogP contribution in [0.2, 0.25) is 0 Å². The van der Waals surface area contributed by atoms with Crippen LogP contribution >= 0.6 is 0 Å². The molecule has 0 amide bonds. The first kappa shape index (κ1) is 14.8. The minimum absolute atomic E-state index is 0.754. The molecule has 1 aromatic heterocycles. The molecule has 1 aliphatic heterocycles. The zero-order chi connectivity index (χ0) is 14.5. The molecule has 108 valence electrons. The largest absolute Gasteiger partial charge is 0.370 e. The van der Waals surface area contributed by atoms with E-state index in [9.17, 15) is 5.26 Å². The number of pyridine rings is 1. The van der Waals surface area contributed by atoms with E-state index in [0.717, 1.165) is 41.6 Å². The van der Waals surface area contributed by atoms with Gasteiger partial charge in [0.1, 0.15) is 6.07 Å². The van der Waals surface area contributed by atoms with Crippen molar-refractivity contribution in [3.8, 4) is 6.07 Å². The molecular formula is C17H25N3. The fraction of sp³-hybridized carbons (Fsp3) is 0.647. The zero-order valence-electron chi connectivity index (χ0n) is 12.9. The Hall–Kier alpha value is -1.56. The number of aromatic nitrogens is 1. The van der Waals surface area contributed by atoms with Gasteiger partial charge >= 0.3 is 0 Å². The van der Waals surface area contributed by atoms with Crippen LogP contribution in [0.15, 0.2) is 6.07 Å². The smallest absolute Gasteiger partial charge is 0.103 e. The molecule has 3 heteroatoms. The van der Waals surface area contributed by atoms with Crippen LogP contribution in [0.1, 0.15) is 56.0 Å². The average molecular weight is 271 g/mol. The van der Waals surface area contributed by atoms with Gasteiger partial charge in [0.2, 0.25) is 0 Å². The molecule has 2 rings (SSSR count). The molecular weight excluding hydrogens is 246 g/mol. The summed E-state index contributed by atoms with van der Waals surface area (Å²) in [6, 6.07) is 4.42. The number of aryl methyl sites for hydroxylation is 2. The second-order valence-electron chi connectivity index (χ2n) is 5.93. The molecule has 0 radical (unpaired) electrons. The van der Waals surface area contributed by atoms with Crippen LogP contribution in [0.25, 0.3) is 0 Å². The lowest BCUT2D eigenvalue weighted by Gasteiger charge is -2.25. The molecule has 0 spiro atoms. The van der Waals surface area contributed by atoms with Gasteiger partial charge in [0.15, 0.2) is 0 Å². The summed E-state index contributed by atoms with van der Waals surface area (Å²) in [4.78, 5) is 6.82. The molecule has 1 aliphatic rings. The first-order valence-electron chi connectivity index (χ1n) is 7.79. The highest BCUT2D eigenvalue weighted by Crippen LogP contribution is 2.28. The standard InChI is InChI=1S/C17H25N3/c1-4-6-15-7-5-9-20(10-8-15)17-11-13(2)19-14(3)16(17)12-18/h11,15H,4-10H2,1-3H3. The van der Waals surface area contributed by atoms with Crippen LogP contribution in [0, 0.1) is 31.1 Å². The lowest BCUT2D eigenvalue weighted by Crippen LogP contribution is -2.25. The van der Waals surface area contributed by atoms with Gasteiger partial charge in [0.25, 0.3) is 0 Å². The maximum absolute atomic E-state index is 9.41. The molecule has 2 heterocycles. The van der Waals surface area contributed by atoms with E-state index in [-0.39, 0.29) is 0 Å². The summed E-state index contributed by atoms with van der Waals surface area (Å²) in [5, 5.41) is 9.41. The highest BCUT2D eigenvalue weighted by molar-refractivity contribution is 5.61. The minimum atomic E-state index is 0.754. The Balaban J connectivity index is 2.22. The van der Waals surface area contributed by atoms with Gasteiger partial charge in [-0.05, 0) is 45.1 Å². The monoisotopic (exact) mass is 271 g/mol. The quantitative estimate of drug-likeness (QED) is 0.835. The van der Waals surface area contributed by atoms with Gasteiger partial charge in [-0.15, -0.1) is 0 Å². The third kappa shape index (κ3) is 3.30. The summed E-state index contributed by atoms with van der Waals surface area (Å²) in [6.45, 7) is 8.36. The third-order valence-electron chi connectivity index (χ3n) is 4.30. The highest BCUT2D eigenvalue weighted by Gasteiger charge is 2.20. The molecule has 1 atom stereocenters. The zero-order valence-corrected chi connectivity index (χ0v) is 12.9. The minimum Gasteiger partial charge on any atom is -0.370 e. The molecule has 0 aliphatic carbocycles. The summed E-state index contributed by atoms with van der Waals surface area (Å²) < 4.78 is 0. The highest BCUT2D eigenvalue weighted by atomic mass is 15.1. The lowest BCUT2D eigenvalue weighted by molar-refractivity contribution is 0.435. The van der Waals surface area contributed by atoms with Crippen molar-refractivity contribution in [1.29, 1.82) is 5.26 Å². The number of nitrogens with zero attached hydrogens (tertiary/aromatic N) is 3. The van der Waals surface area contributed by atoms with E-state index in [2.05, 4.69) is 28.9 Å². The third-order valence-corrected chi connectivity index (χ3v) is 4.30. The van der Waals surface area contributed by atoms with Crippen molar-refractivity contribution < 1.29 is 0 Å². The van der Waals surface area contributed by atoms with Crippen LogP contribution < -0.4 is 4.90 Å². The van der Waals surface area contributed by atoms with Gasteiger partial charge in [0, 0.05) is 18.8 Å². The second-order valence-corrected chi connectivity index (χ2v) is 5.93. The number of hydrogen-bond acceptors (Lipinski definition) is 3. The van der Waals surface area contributed by atoms with E-state index in [0.29, 0.717) is 0 Å². The van der Waals surface area contributed by atoms with E-state index in [1.807, 2.05) is 13.8 Å². The van der Waals surface area contributed by atoms with Crippen molar-refractivity contribution >= 4 is 5.69 Å². The molecule has 1 saturated heterocycles. The van der Waals surface area contributed by atoms with E-state index in [4.69, 9.17) is 0 Å².